The maximum atomic E-state index is 14.2. The van der Waals surface area contributed by atoms with E-state index in [9.17, 15) is 110 Å². The lowest BCUT2D eigenvalue weighted by molar-refractivity contribution is -0.683. The molecule has 0 spiro atoms. The molecule has 1 fully saturated rings. The summed E-state index contributed by atoms with van der Waals surface area (Å²) < 4.78 is 349. The van der Waals surface area contributed by atoms with Crippen LogP contribution in [0.4, 0.5) is 105 Å². The summed E-state index contributed by atoms with van der Waals surface area (Å²) in [6.45, 7) is 0.325. The van der Waals surface area contributed by atoms with E-state index in [2.05, 4.69) is 4.98 Å². The molecule has 1 aliphatic carbocycles. The van der Waals surface area contributed by atoms with Crippen LogP contribution < -0.4 is 31.2 Å². The first-order valence-corrected chi connectivity index (χ1v) is 22.5. The molecule has 1 aliphatic rings. The highest BCUT2D eigenvalue weighted by molar-refractivity contribution is 7.20. The highest BCUT2D eigenvalue weighted by Crippen LogP contribution is 2.41. The molecule has 1 heterocycles. The fourth-order valence-electron chi connectivity index (χ4n) is 8.88. The maximum absolute atomic E-state index is 14.2. The van der Waals surface area contributed by atoms with Gasteiger partial charge in [-0.15, -0.1) is 0 Å². The fraction of sp³-hybridized carbons (Fsp3) is 0.300. The molecule has 0 N–H and O–H groups in total. The summed E-state index contributed by atoms with van der Waals surface area (Å²) in [5, 5.41) is 0. The topological polar surface area (TPSA) is 43.1 Å². The van der Waals surface area contributed by atoms with Gasteiger partial charge in [-0.05, 0) is 74.2 Å². The largest absolute Gasteiger partial charge is 0.490 e. The zero-order chi connectivity index (χ0) is 59.1. The van der Waals surface area contributed by atoms with Crippen LogP contribution in [0.1, 0.15) is 87.0 Å². The van der Waals surface area contributed by atoms with E-state index >= 15 is 0 Å². The number of benzene rings is 5. The van der Waals surface area contributed by atoms with Crippen LogP contribution in [0.15, 0.2) is 122 Å². The van der Waals surface area contributed by atoms with Gasteiger partial charge in [0.15, 0.2) is 12.4 Å². The van der Waals surface area contributed by atoms with Gasteiger partial charge in [0.1, 0.15) is 11.9 Å². The third-order valence-electron chi connectivity index (χ3n) is 12.5. The molecular weight excluding hydrogens is 1130 g/mol. The second kappa shape index (κ2) is 21.9. The standard InChI is InChI=1S/C32H12BF24.C18H21N2O2/c34-25(35,36)13-1-14(26(37,38)39)6-21(5-13)33(22-7-15(27(40,41)42)2-16(8-22)28(43,44)45,23-9-17(29(46,47)48)3-18(10-23)30(49,50)51)24-11-19(31(52,53)54)4-20(12-24)32(55,56)57;21-18(14-20-12-10-19-11-13-20)15-6-8-17(9-7-15)22-16-4-2-1-3-5-16/h1-12H;6-13,16H,1-5,14H2/q-1;+1. The van der Waals surface area contributed by atoms with Crippen LogP contribution in [0.5, 0.6) is 5.75 Å². The SMILES string of the molecule is FC(F)(F)c1cc([B-](c2cc(C(F)(F)F)cc(C(F)(F)F)c2)(c2cc(C(F)(F)F)cc(C(F)(F)F)c2)c2cc(C(F)(F)F)cc(C(F)(F)F)c2)cc(C(F)(F)F)c1.O=C(C[n+]1ccncc1)c1ccc(OC2CCCCC2)cc1. The van der Waals surface area contributed by atoms with Gasteiger partial charge in [-0.3, -0.25) is 9.78 Å². The van der Waals surface area contributed by atoms with Gasteiger partial charge in [-0.25, -0.2) is 0 Å². The molecule has 79 heavy (non-hydrogen) atoms. The number of Topliss-reactive ketones (excluding diaryl/α,β-unsaturated/α-hetero) is 1. The monoisotopic (exact) mass is 1160 g/mol. The van der Waals surface area contributed by atoms with Gasteiger partial charge in [-0.2, -0.15) is 132 Å². The predicted molar refractivity (Wildman–Crippen MR) is 233 cm³/mol. The van der Waals surface area contributed by atoms with Crippen molar-refractivity contribution >= 4 is 33.8 Å². The zero-order valence-corrected chi connectivity index (χ0v) is 39.2. The Kier molecular flexibility index (Phi) is 17.0. The minimum Gasteiger partial charge on any atom is -0.490 e. The molecule has 0 radical (unpaired) electrons. The lowest BCUT2D eigenvalue weighted by atomic mass is 9.12. The molecule has 0 saturated heterocycles. The Balaban J connectivity index is 0.000000378. The van der Waals surface area contributed by atoms with Crippen molar-refractivity contribution in [2.75, 3.05) is 0 Å². The molecule has 5 aromatic carbocycles. The van der Waals surface area contributed by atoms with E-state index in [4.69, 9.17) is 4.74 Å². The van der Waals surface area contributed by atoms with E-state index in [1.165, 1.54) is 19.3 Å². The minimum absolute atomic E-state index is 0.0837. The number of hydrogen-bond acceptors (Lipinski definition) is 3. The fourth-order valence-corrected chi connectivity index (χ4v) is 8.88. The van der Waals surface area contributed by atoms with Crippen LogP contribution in [-0.4, -0.2) is 23.0 Å². The molecule has 426 valence electrons. The molecule has 29 heteroatoms. The molecule has 4 nitrogen and oxygen atoms in total. The summed E-state index contributed by atoms with van der Waals surface area (Å²) in [5.74, 6) is 0.945. The van der Waals surface area contributed by atoms with E-state index in [-0.39, 0.29) is 5.78 Å². The first-order valence-electron chi connectivity index (χ1n) is 22.5. The van der Waals surface area contributed by atoms with Gasteiger partial charge < -0.3 is 4.74 Å². The van der Waals surface area contributed by atoms with Crippen molar-refractivity contribution in [2.24, 2.45) is 0 Å². The highest BCUT2D eigenvalue weighted by Gasteiger charge is 2.47. The van der Waals surface area contributed by atoms with E-state index < -0.39 is 195 Å². The molecule has 6 aromatic rings. The number of ketones is 1. The lowest BCUT2D eigenvalue weighted by Crippen LogP contribution is -2.75. The van der Waals surface area contributed by atoms with Crippen LogP contribution >= 0.6 is 0 Å². The third-order valence-corrected chi connectivity index (χ3v) is 12.5. The van der Waals surface area contributed by atoms with Crippen molar-refractivity contribution in [2.45, 2.75) is 94.2 Å². The number of ether oxygens (including phenoxy) is 1. The number of nitrogens with zero attached hydrogens (tertiary/aromatic N) is 2. The molecular formula is C50H33BF24N2O2. The molecule has 1 saturated carbocycles. The van der Waals surface area contributed by atoms with E-state index in [0.717, 1.165) is 18.6 Å². The summed E-state index contributed by atoms with van der Waals surface area (Å²) in [4.78, 5) is 16.2. The summed E-state index contributed by atoms with van der Waals surface area (Å²) in [6.07, 6.45) is -41.4. The summed E-state index contributed by atoms with van der Waals surface area (Å²) >= 11 is 0. The number of aromatic nitrogens is 2. The van der Waals surface area contributed by atoms with Crippen LogP contribution in [0.2, 0.25) is 0 Å². The molecule has 0 unspecified atom stereocenters. The molecule has 0 atom stereocenters. The van der Waals surface area contributed by atoms with Crippen molar-refractivity contribution in [3.8, 4) is 5.75 Å². The summed E-state index contributed by atoms with van der Waals surface area (Å²) in [6, 6.07) is -1.31. The number of carbonyl (C=O) groups excluding carboxylic acids is 1. The second-order valence-electron chi connectivity index (χ2n) is 18.0. The van der Waals surface area contributed by atoms with Crippen molar-refractivity contribution < 1.29 is 119 Å². The number of halogens is 24. The van der Waals surface area contributed by atoms with Crippen molar-refractivity contribution in [3.63, 3.8) is 0 Å². The zero-order valence-electron chi connectivity index (χ0n) is 39.2. The normalized spacial score (nSPS) is 14.6. The molecule has 0 bridgehead atoms. The predicted octanol–water partition coefficient (Wildman–Crippen LogP) is 14.2. The van der Waals surface area contributed by atoms with Gasteiger partial charge in [-0.1, -0.05) is 55.0 Å². The Hall–Kier alpha value is -6.97. The summed E-state index contributed by atoms with van der Waals surface area (Å²) in [5.41, 5.74) is -29.5. The smallest absolute Gasteiger partial charge is 0.416 e. The Morgan fingerprint density at radius 1 is 0.418 bits per heavy atom. The molecule has 0 amide bonds. The Bertz CT molecular complexity index is 2670. The number of carbonyl (C=O) groups is 1. The van der Waals surface area contributed by atoms with Crippen LogP contribution in [-0.2, 0) is 56.0 Å². The molecule has 1 aromatic heterocycles. The van der Waals surface area contributed by atoms with Crippen molar-refractivity contribution in [1.29, 1.82) is 0 Å². The Labute approximate surface area is 429 Å². The number of hydrogen-bond donors (Lipinski definition) is 0. The third kappa shape index (κ3) is 14.8. The van der Waals surface area contributed by atoms with E-state index in [0.29, 0.717) is 18.2 Å². The average Bonchev–Trinajstić information content (AvgIpc) is 3.33. The van der Waals surface area contributed by atoms with Crippen LogP contribution in [0.25, 0.3) is 0 Å². The van der Waals surface area contributed by atoms with Gasteiger partial charge in [0.2, 0.25) is 12.3 Å². The molecule has 0 aliphatic heterocycles. The Morgan fingerprint density at radius 3 is 0.937 bits per heavy atom. The minimum atomic E-state index is -6.13. The highest BCUT2D eigenvalue weighted by atomic mass is 19.4. The van der Waals surface area contributed by atoms with Gasteiger partial charge in [0, 0.05) is 5.56 Å². The van der Waals surface area contributed by atoms with Crippen molar-refractivity contribution in [1.82, 2.24) is 4.98 Å². The summed E-state index contributed by atoms with van der Waals surface area (Å²) in [7, 11) is 0. The molecule has 7 rings (SSSR count). The number of alkyl halides is 24. The van der Waals surface area contributed by atoms with Gasteiger partial charge in [0.25, 0.3) is 0 Å². The van der Waals surface area contributed by atoms with Gasteiger partial charge >= 0.3 is 49.4 Å². The first-order chi connectivity index (χ1) is 36.1. The van der Waals surface area contributed by atoms with Crippen molar-refractivity contribution in [3.05, 3.63) is 172 Å². The van der Waals surface area contributed by atoms with E-state index in [1.54, 1.807) is 24.8 Å². The lowest BCUT2D eigenvalue weighted by Gasteiger charge is -2.46. The number of rotatable bonds is 9. The average molecular weight is 1160 g/mol. The quantitative estimate of drug-likeness (QED) is 0.0627. The first kappa shape index (κ1) is 61.3. The second-order valence-corrected chi connectivity index (χ2v) is 18.0. The Morgan fingerprint density at radius 2 is 0.684 bits per heavy atom. The van der Waals surface area contributed by atoms with E-state index in [1.807, 2.05) is 28.8 Å². The van der Waals surface area contributed by atoms with Gasteiger partial charge in [0.05, 0.1) is 63.0 Å². The van der Waals surface area contributed by atoms with Crippen LogP contribution in [0.3, 0.4) is 0 Å². The maximum Gasteiger partial charge on any atom is 0.416 e. The van der Waals surface area contributed by atoms with Crippen LogP contribution in [0, 0.1) is 0 Å².